The van der Waals surface area contributed by atoms with Crippen molar-refractivity contribution >= 4 is 23.2 Å². The fraction of sp³-hybridized carbons (Fsp3) is 0.250. The molecule has 0 aliphatic carbocycles. The van der Waals surface area contributed by atoms with Crippen LogP contribution in [0, 0.1) is 18.6 Å². The van der Waals surface area contributed by atoms with Crippen molar-refractivity contribution in [3.05, 3.63) is 32.8 Å². The summed E-state index contributed by atoms with van der Waals surface area (Å²) in [5, 5.41) is -1.03. The Morgan fingerprint density at radius 1 is 1.00 bits per heavy atom. The molecule has 0 bridgehead atoms. The molecule has 0 aliphatic rings. The maximum Gasteiger partial charge on any atom is 0.268 e. The van der Waals surface area contributed by atoms with E-state index in [1.54, 1.807) is 0 Å². The van der Waals surface area contributed by atoms with Crippen LogP contribution < -0.4 is 0 Å². The zero-order valence-corrected chi connectivity index (χ0v) is 8.36. The highest BCUT2D eigenvalue weighted by Crippen LogP contribution is 2.38. The van der Waals surface area contributed by atoms with Gasteiger partial charge in [-0.05, 0) is 6.92 Å². The number of halogens is 6. The molecule has 0 atom stereocenters. The lowest BCUT2D eigenvalue weighted by molar-refractivity contribution is 0.145. The molecule has 0 radical (unpaired) electrons. The zero-order chi connectivity index (χ0) is 11.0. The monoisotopic (exact) mass is 246 g/mol. The third-order valence-corrected chi connectivity index (χ3v) is 2.70. The van der Waals surface area contributed by atoms with E-state index in [0.29, 0.717) is 0 Å². The lowest BCUT2D eigenvalue weighted by Gasteiger charge is -2.10. The average Bonchev–Trinajstić information content (AvgIpc) is 2.11. The van der Waals surface area contributed by atoms with E-state index >= 15 is 0 Å². The van der Waals surface area contributed by atoms with Gasteiger partial charge in [0.25, 0.3) is 6.43 Å². The highest BCUT2D eigenvalue weighted by molar-refractivity contribution is 6.43. The summed E-state index contributed by atoms with van der Waals surface area (Å²) in [6, 6.07) is 0. The average molecular weight is 247 g/mol. The molecule has 1 aromatic carbocycles. The van der Waals surface area contributed by atoms with Crippen molar-refractivity contribution in [3.63, 3.8) is 0 Å². The van der Waals surface area contributed by atoms with Crippen LogP contribution in [0.4, 0.5) is 17.6 Å². The highest BCUT2D eigenvalue weighted by atomic mass is 35.5. The highest BCUT2D eigenvalue weighted by Gasteiger charge is 2.25. The van der Waals surface area contributed by atoms with Gasteiger partial charge in [-0.3, -0.25) is 0 Å². The van der Waals surface area contributed by atoms with E-state index in [0.717, 1.165) is 6.92 Å². The molecule has 0 fully saturated rings. The fourth-order valence-electron chi connectivity index (χ4n) is 0.950. The molecular weight excluding hydrogens is 243 g/mol. The summed E-state index contributed by atoms with van der Waals surface area (Å²) in [5.74, 6) is -3.04. The predicted octanol–water partition coefficient (Wildman–Crippen LogP) is 4.52. The molecule has 0 amide bonds. The first-order valence-corrected chi connectivity index (χ1v) is 4.24. The van der Waals surface area contributed by atoms with E-state index in [1.807, 2.05) is 0 Å². The molecule has 0 aliphatic heterocycles. The second-order valence-electron chi connectivity index (χ2n) is 2.60. The summed E-state index contributed by atoms with van der Waals surface area (Å²) >= 11 is 10.8. The van der Waals surface area contributed by atoms with E-state index in [-0.39, 0.29) is 10.6 Å². The quantitative estimate of drug-likeness (QED) is 0.505. The van der Waals surface area contributed by atoms with Crippen LogP contribution in [0.1, 0.15) is 17.6 Å². The summed E-state index contributed by atoms with van der Waals surface area (Å²) in [4.78, 5) is 0. The molecule has 1 aromatic rings. The Kier molecular flexibility index (Phi) is 3.27. The van der Waals surface area contributed by atoms with Gasteiger partial charge in [-0.1, -0.05) is 23.2 Å². The molecule has 78 valence electrons. The normalized spacial score (nSPS) is 11.1. The largest absolute Gasteiger partial charge is 0.268 e. The Hall–Kier alpha value is -0.480. The van der Waals surface area contributed by atoms with Crippen LogP contribution >= 0.6 is 23.2 Å². The van der Waals surface area contributed by atoms with Gasteiger partial charge in [0.15, 0.2) is 11.6 Å². The molecule has 0 nitrogen and oxygen atoms in total. The molecule has 1 rings (SSSR count). The predicted molar refractivity (Wildman–Crippen MR) is 46.1 cm³/mol. The molecule has 0 saturated carbocycles. The molecule has 14 heavy (non-hydrogen) atoms. The van der Waals surface area contributed by atoms with Gasteiger partial charge >= 0.3 is 0 Å². The Morgan fingerprint density at radius 3 is 1.93 bits per heavy atom. The minimum absolute atomic E-state index is 0.279. The fourth-order valence-corrected chi connectivity index (χ4v) is 1.44. The molecular formula is C8H4Cl2F4. The molecule has 6 heteroatoms. The van der Waals surface area contributed by atoms with Gasteiger partial charge < -0.3 is 0 Å². The topological polar surface area (TPSA) is 0 Å². The summed E-state index contributed by atoms with van der Waals surface area (Å²) in [6.45, 7) is 1.15. The van der Waals surface area contributed by atoms with E-state index in [1.165, 1.54) is 0 Å². The number of hydrogen-bond donors (Lipinski definition) is 0. The lowest BCUT2D eigenvalue weighted by atomic mass is 10.1. The van der Waals surface area contributed by atoms with Crippen LogP contribution in [0.2, 0.25) is 10.0 Å². The van der Waals surface area contributed by atoms with Gasteiger partial charge in [0.1, 0.15) is 0 Å². The van der Waals surface area contributed by atoms with Crippen molar-refractivity contribution in [2.75, 3.05) is 0 Å². The van der Waals surface area contributed by atoms with E-state index in [4.69, 9.17) is 23.2 Å². The summed E-state index contributed by atoms with van der Waals surface area (Å²) in [6.07, 6.45) is -3.20. The van der Waals surface area contributed by atoms with Crippen LogP contribution in [-0.2, 0) is 0 Å². The third kappa shape index (κ3) is 1.68. The standard InChI is InChI=1S/C8H4Cl2F4/c1-2-4(9)5(10)3(8(13)14)7(12)6(2)11/h8H,1H3. The SMILES string of the molecule is Cc1c(F)c(F)c(C(F)F)c(Cl)c1Cl. The van der Waals surface area contributed by atoms with E-state index < -0.39 is 28.6 Å². The molecule has 0 unspecified atom stereocenters. The lowest BCUT2D eigenvalue weighted by Crippen LogP contribution is -2.00. The van der Waals surface area contributed by atoms with Gasteiger partial charge in [0, 0.05) is 5.56 Å². The first-order valence-electron chi connectivity index (χ1n) is 3.48. The number of alkyl halides is 2. The Bertz CT molecular complexity index is 347. The van der Waals surface area contributed by atoms with Crippen LogP contribution in [0.3, 0.4) is 0 Å². The number of rotatable bonds is 1. The first kappa shape index (κ1) is 11.6. The Morgan fingerprint density at radius 2 is 1.50 bits per heavy atom. The van der Waals surface area contributed by atoms with E-state index in [2.05, 4.69) is 0 Å². The summed E-state index contributed by atoms with van der Waals surface area (Å²) in [7, 11) is 0. The zero-order valence-electron chi connectivity index (χ0n) is 6.85. The minimum atomic E-state index is -3.20. The summed E-state index contributed by atoms with van der Waals surface area (Å²) in [5.41, 5.74) is -1.47. The molecule has 0 aromatic heterocycles. The van der Waals surface area contributed by atoms with Crippen molar-refractivity contribution in [2.45, 2.75) is 13.3 Å². The molecule has 0 spiro atoms. The van der Waals surface area contributed by atoms with E-state index in [9.17, 15) is 17.6 Å². The van der Waals surface area contributed by atoms with Gasteiger partial charge in [-0.25, -0.2) is 17.6 Å². The minimum Gasteiger partial charge on any atom is -0.205 e. The number of benzene rings is 1. The second-order valence-corrected chi connectivity index (χ2v) is 3.35. The van der Waals surface area contributed by atoms with Crippen molar-refractivity contribution < 1.29 is 17.6 Å². The van der Waals surface area contributed by atoms with Crippen molar-refractivity contribution in [2.24, 2.45) is 0 Å². The van der Waals surface area contributed by atoms with Crippen molar-refractivity contribution in [1.82, 2.24) is 0 Å². The van der Waals surface area contributed by atoms with Gasteiger partial charge in [-0.2, -0.15) is 0 Å². The molecule has 0 saturated heterocycles. The Balaban J connectivity index is 3.60. The van der Waals surface area contributed by atoms with Gasteiger partial charge in [0.05, 0.1) is 15.6 Å². The van der Waals surface area contributed by atoms with Crippen LogP contribution in [-0.4, -0.2) is 0 Å². The smallest absolute Gasteiger partial charge is 0.205 e. The summed E-state index contributed by atoms with van der Waals surface area (Å²) < 4.78 is 50.4. The third-order valence-electron chi connectivity index (χ3n) is 1.74. The van der Waals surface area contributed by atoms with Gasteiger partial charge in [0.2, 0.25) is 0 Å². The van der Waals surface area contributed by atoms with Gasteiger partial charge in [-0.15, -0.1) is 0 Å². The van der Waals surface area contributed by atoms with Crippen molar-refractivity contribution in [1.29, 1.82) is 0 Å². The maximum atomic E-state index is 13.0. The van der Waals surface area contributed by atoms with Crippen LogP contribution in [0.15, 0.2) is 0 Å². The molecule has 0 N–H and O–H groups in total. The Labute approximate surface area is 87.4 Å². The second kappa shape index (κ2) is 3.95. The first-order chi connectivity index (χ1) is 6.37. The molecule has 0 heterocycles. The number of hydrogen-bond acceptors (Lipinski definition) is 0. The van der Waals surface area contributed by atoms with Crippen LogP contribution in [0.5, 0.6) is 0 Å². The van der Waals surface area contributed by atoms with Crippen LogP contribution in [0.25, 0.3) is 0 Å². The maximum absolute atomic E-state index is 13.0. The van der Waals surface area contributed by atoms with Crippen molar-refractivity contribution in [3.8, 4) is 0 Å².